The predicted molar refractivity (Wildman–Crippen MR) is 253 cm³/mol. The molecule has 0 saturated heterocycles. The summed E-state index contributed by atoms with van der Waals surface area (Å²) in [4.78, 5) is 28.5. The number of rotatable bonds is 49. The number of hydrogen-bond acceptors (Lipinski definition) is 3. The van der Waals surface area contributed by atoms with Crippen molar-refractivity contribution in [1.29, 1.82) is 0 Å². The summed E-state index contributed by atoms with van der Waals surface area (Å²) in [5.74, 6) is 0.0426. The molecule has 0 aliphatic heterocycles. The predicted octanol–water partition coefficient (Wildman–Crippen LogP) is 19.1. The topological polar surface area (TPSA) is 43.4 Å². The van der Waals surface area contributed by atoms with Crippen LogP contribution in [0.5, 0.6) is 0 Å². The highest BCUT2D eigenvalue weighted by atomic mass is 16.5. The summed E-state index contributed by atoms with van der Waals surface area (Å²) in [5, 5.41) is 0. The third-order valence-electron chi connectivity index (χ3n) is 13.1. The average molecular weight is 803 g/mol. The van der Waals surface area contributed by atoms with Crippen LogP contribution in [0.25, 0.3) is 0 Å². The van der Waals surface area contributed by atoms with Crippen LogP contribution in [0.15, 0.2) is 0 Å². The molecule has 0 rings (SSSR count). The van der Waals surface area contributed by atoms with Gasteiger partial charge in [-0.1, -0.05) is 291 Å². The minimum atomic E-state index is -0.919. The average Bonchev–Trinajstić information content (AvgIpc) is 3.22. The molecular weight excluding hydrogens is 697 g/mol. The molecule has 0 fully saturated rings. The zero-order chi connectivity index (χ0) is 41.6. The van der Waals surface area contributed by atoms with Crippen molar-refractivity contribution in [2.45, 2.75) is 323 Å². The molecule has 0 aliphatic carbocycles. The molecule has 0 aromatic heterocycles. The van der Waals surface area contributed by atoms with Crippen molar-refractivity contribution >= 4 is 11.8 Å². The Bertz CT molecular complexity index is 807. The summed E-state index contributed by atoms with van der Waals surface area (Å²) in [5.41, 5.74) is -0.919. The van der Waals surface area contributed by atoms with Gasteiger partial charge in [-0.3, -0.25) is 9.59 Å². The highest BCUT2D eigenvalue weighted by Crippen LogP contribution is 2.37. The summed E-state index contributed by atoms with van der Waals surface area (Å²) in [6.07, 6.45) is 57.3. The molecule has 0 amide bonds. The third kappa shape index (κ3) is 36.7. The van der Waals surface area contributed by atoms with Crippen molar-refractivity contribution in [1.82, 2.24) is 0 Å². The summed E-state index contributed by atoms with van der Waals surface area (Å²) >= 11 is 0. The minimum Gasteiger partial charge on any atom is -0.465 e. The molecule has 0 aliphatic rings. The molecule has 1 unspecified atom stereocenters. The fourth-order valence-electron chi connectivity index (χ4n) is 8.99. The van der Waals surface area contributed by atoms with Gasteiger partial charge in [0.25, 0.3) is 0 Å². The molecule has 0 spiro atoms. The lowest BCUT2D eigenvalue weighted by Crippen LogP contribution is -2.41. The molecule has 0 bridgehead atoms. The maximum absolute atomic E-state index is 14.3. The van der Waals surface area contributed by atoms with E-state index in [0.29, 0.717) is 25.9 Å². The zero-order valence-electron chi connectivity index (χ0n) is 40.0. The van der Waals surface area contributed by atoms with Crippen molar-refractivity contribution < 1.29 is 14.3 Å². The number of hydrogen-bond donors (Lipinski definition) is 0. The summed E-state index contributed by atoms with van der Waals surface area (Å²) in [7, 11) is 0. The van der Waals surface area contributed by atoms with E-state index in [1.54, 1.807) is 0 Å². The molecule has 0 radical (unpaired) electrons. The van der Waals surface area contributed by atoms with E-state index in [2.05, 4.69) is 27.7 Å². The fraction of sp³-hybridized carbons (Fsp3) is 0.963. The largest absolute Gasteiger partial charge is 0.465 e. The maximum Gasteiger partial charge on any atom is 0.319 e. The number of esters is 1. The van der Waals surface area contributed by atoms with Gasteiger partial charge in [0.1, 0.15) is 11.2 Å². The van der Waals surface area contributed by atoms with Gasteiger partial charge in [0, 0.05) is 6.42 Å². The van der Waals surface area contributed by atoms with Gasteiger partial charge in [0.15, 0.2) is 0 Å². The lowest BCUT2D eigenvalue weighted by Gasteiger charge is -2.31. The van der Waals surface area contributed by atoms with Crippen molar-refractivity contribution in [2.75, 3.05) is 6.61 Å². The molecule has 3 nitrogen and oxygen atoms in total. The number of ketones is 1. The van der Waals surface area contributed by atoms with Crippen LogP contribution in [0.3, 0.4) is 0 Å². The van der Waals surface area contributed by atoms with Gasteiger partial charge in [-0.25, -0.2) is 0 Å². The van der Waals surface area contributed by atoms with Crippen molar-refractivity contribution in [2.24, 2.45) is 5.41 Å². The SMILES string of the molecule is CCCCCCCCCCCCCCCCCC(=O)C(CCCCCCCC)(CCCCCCCCCCCCCCCC)C(=O)OCCCCCCCCCC. The van der Waals surface area contributed by atoms with Gasteiger partial charge in [-0.05, 0) is 25.7 Å². The first-order chi connectivity index (χ1) is 28.1. The van der Waals surface area contributed by atoms with Crippen LogP contribution in [0.1, 0.15) is 323 Å². The van der Waals surface area contributed by atoms with Gasteiger partial charge in [0.05, 0.1) is 6.61 Å². The second-order valence-corrected chi connectivity index (χ2v) is 18.7. The number of ether oxygens (including phenoxy) is 1. The Balaban J connectivity index is 4.99. The Labute approximate surface area is 360 Å². The molecule has 340 valence electrons. The van der Waals surface area contributed by atoms with E-state index < -0.39 is 5.41 Å². The van der Waals surface area contributed by atoms with E-state index in [-0.39, 0.29) is 11.8 Å². The Morgan fingerprint density at radius 2 is 0.526 bits per heavy atom. The molecule has 0 saturated carbocycles. The van der Waals surface area contributed by atoms with E-state index in [0.717, 1.165) is 51.4 Å². The Hall–Kier alpha value is -0.860. The summed E-state index contributed by atoms with van der Waals surface area (Å²) in [6, 6.07) is 0. The van der Waals surface area contributed by atoms with Gasteiger partial charge >= 0.3 is 5.97 Å². The second kappa shape index (κ2) is 46.2. The molecule has 57 heavy (non-hydrogen) atoms. The molecular formula is C54H106O3. The Morgan fingerprint density at radius 1 is 0.298 bits per heavy atom. The van der Waals surface area contributed by atoms with E-state index >= 15 is 0 Å². The minimum absolute atomic E-state index is 0.167. The van der Waals surface area contributed by atoms with E-state index in [9.17, 15) is 9.59 Å². The molecule has 0 N–H and O–H groups in total. The molecule has 1 atom stereocenters. The van der Waals surface area contributed by atoms with Crippen LogP contribution in [0.2, 0.25) is 0 Å². The maximum atomic E-state index is 14.3. The normalized spacial score (nSPS) is 12.6. The van der Waals surface area contributed by atoms with Gasteiger partial charge < -0.3 is 4.74 Å². The number of Topliss-reactive ketones (excluding diaryl/α,β-unsaturated/α-hetero) is 1. The van der Waals surface area contributed by atoms with Gasteiger partial charge in [0.2, 0.25) is 0 Å². The van der Waals surface area contributed by atoms with E-state index in [4.69, 9.17) is 4.74 Å². The van der Waals surface area contributed by atoms with Crippen LogP contribution in [0.4, 0.5) is 0 Å². The second-order valence-electron chi connectivity index (χ2n) is 18.7. The quantitative estimate of drug-likeness (QED) is 0.0350. The smallest absolute Gasteiger partial charge is 0.319 e. The molecule has 0 heterocycles. The fourth-order valence-corrected chi connectivity index (χ4v) is 8.99. The highest BCUT2D eigenvalue weighted by Gasteiger charge is 2.45. The third-order valence-corrected chi connectivity index (χ3v) is 13.1. The van der Waals surface area contributed by atoms with Crippen molar-refractivity contribution in [3.8, 4) is 0 Å². The first-order valence-corrected chi connectivity index (χ1v) is 26.8. The van der Waals surface area contributed by atoms with Crippen molar-refractivity contribution in [3.05, 3.63) is 0 Å². The number of carbonyl (C=O) groups is 2. The Morgan fingerprint density at radius 3 is 0.807 bits per heavy atom. The van der Waals surface area contributed by atoms with Crippen molar-refractivity contribution in [3.63, 3.8) is 0 Å². The highest BCUT2D eigenvalue weighted by molar-refractivity contribution is 6.03. The summed E-state index contributed by atoms with van der Waals surface area (Å²) in [6.45, 7) is 9.60. The lowest BCUT2D eigenvalue weighted by molar-refractivity contribution is -0.162. The van der Waals surface area contributed by atoms with Gasteiger partial charge in [-0.2, -0.15) is 0 Å². The van der Waals surface area contributed by atoms with Crippen LogP contribution in [0, 0.1) is 5.41 Å². The summed E-state index contributed by atoms with van der Waals surface area (Å²) < 4.78 is 6.11. The van der Waals surface area contributed by atoms with Crippen LogP contribution < -0.4 is 0 Å². The van der Waals surface area contributed by atoms with Gasteiger partial charge in [-0.15, -0.1) is 0 Å². The van der Waals surface area contributed by atoms with Crippen LogP contribution in [-0.4, -0.2) is 18.4 Å². The van der Waals surface area contributed by atoms with Crippen LogP contribution >= 0.6 is 0 Å². The molecule has 3 heteroatoms. The first kappa shape index (κ1) is 56.1. The van der Waals surface area contributed by atoms with Crippen LogP contribution in [-0.2, 0) is 14.3 Å². The molecule has 0 aromatic carbocycles. The first-order valence-electron chi connectivity index (χ1n) is 26.8. The van der Waals surface area contributed by atoms with E-state index in [1.807, 2.05) is 0 Å². The van der Waals surface area contributed by atoms with E-state index in [1.165, 1.54) is 225 Å². The lowest BCUT2D eigenvalue weighted by atomic mass is 9.73. The zero-order valence-corrected chi connectivity index (χ0v) is 40.0. The standard InChI is InChI=1S/C54H106O3/c1-5-9-13-17-21-24-26-28-30-31-33-35-37-40-44-48-52(55)54(49-45-41-20-16-12-8-4,53(56)57-51-47-43-39-23-19-15-11-7-3)50-46-42-38-36-34-32-29-27-25-22-18-14-10-6-2/h5-51H2,1-4H3. The number of unbranched alkanes of at least 4 members (excludes halogenated alkanes) is 39. The molecule has 0 aromatic rings. The Kier molecular flexibility index (Phi) is 45.5. The number of carbonyl (C=O) groups excluding carboxylic acids is 2. The monoisotopic (exact) mass is 803 g/mol.